The molecule has 1 aromatic rings. The predicted octanol–water partition coefficient (Wildman–Crippen LogP) is 1.29. The van der Waals surface area contributed by atoms with Crippen LogP contribution in [0, 0.1) is 5.82 Å². The van der Waals surface area contributed by atoms with E-state index in [1.165, 1.54) is 7.11 Å². The molecule has 5 nitrogen and oxygen atoms in total. The molecule has 3 N–H and O–H groups in total. The van der Waals surface area contributed by atoms with Gasteiger partial charge in [0.15, 0.2) is 0 Å². The van der Waals surface area contributed by atoms with Gasteiger partial charge in [0.1, 0.15) is 5.82 Å². The first-order valence-electron chi connectivity index (χ1n) is 4.54. The minimum Gasteiger partial charge on any atom is -0.478 e. The van der Waals surface area contributed by atoms with Gasteiger partial charge in [-0.15, -0.1) is 0 Å². The molecule has 0 saturated carbocycles. The van der Waals surface area contributed by atoms with Crippen molar-refractivity contribution >= 4 is 23.7 Å². The lowest BCUT2D eigenvalue weighted by atomic mass is 10.1. The topological polar surface area (TPSA) is 89.6 Å². The van der Waals surface area contributed by atoms with Gasteiger partial charge in [-0.3, -0.25) is 0 Å². The molecule has 0 fully saturated rings. The number of carboxylic acid groups (broad SMARTS) is 1. The number of anilines is 1. The average molecular weight is 239 g/mol. The van der Waals surface area contributed by atoms with E-state index in [0.717, 1.165) is 24.3 Å². The summed E-state index contributed by atoms with van der Waals surface area (Å²) < 4.78 is 17.7. The third-order valence-corrected chi connectivity index (χ3v) is 2.00. The van der Waals surface area contributed by atoms with Crippen molar-refractivity contribution in [2.75, 3.05) is 12.8 Å². The van der Waals surface area contributed by atoms with Crippen molar-refractivity contribution in [1.82, 2.24) is 0 Å². The molecule has 0 spiro atoms. The van der Waals surface area contributed by atoms with E-state index in [-0.39, 0.29) is 16.8 Å². The Morgan fingerprint density at radius 3 is 2.65 bits per heavy atom. The van der Waals surface area contributed by atoms with Crippen LogP contribution in [0.4, 0.5) is 10.1 Å². The van der Waals surface area contributed by atoms with Crippen LogP contribution < -0.4 is 5.73 Å². The van der Waals surface area contributed by atoms with Crippen LogP contribution in [0.2, 0.25) is 0 Å². The lowest BCUT2D eigenvalue weighted by Crippen LogP contribution is -2.04. The number of benzene rings is 1. The van der Waals surface area contributed by atoms with E-state index in [2.05, 4.69) is 4.74 Å². The number of halogens is 1. The third kappa shape index (κ3) is 3.04. The van der Waals surface area contributed by atoms with Crippen LogP contribution in [0.1, 0.15) is 15.9 Å². The lowest BCUT2D eigenvalue weighted by Gasteiger charge is -2.03. The Morgan fingerprint density at radius 1 is 1.47 bits per heavy atom. The maximum absolute atomic E-state index is 13.4. The molecule has 0 unspecified atom stereocenters. The molecule has 0 aliphatic heterocycles. The van der Waals surface area contributed by atoms with Gasteiger partial charge in [0.2, 0.25) is 0 Å². The Bertz CT molecular complexity index is 496. The molecule has 1 rings (SSSR count). The summed E-state index contributed by atoms with van der Waals surface area (Å²) in [5.41, 5.74) is 4.88. The van der Waals surface area contributed by atoms with E-state index >= 15 is 0 Å². The molecule has 6 heteroatoms. The number of methoxy groups -OCH3 is 1. The number of esters is 1. The minimum atomic E-state index is -1.27. The van der Waals surface area contributed by atoms with Gasteiger partial charge in [0, 0.05) is 17.3 Å². The van der Waals surface area contributed by atoms with Crippen LogP contribution in [0.15, 0.2) is 18.2 Å². The van der Waals surface area contributed by atoms with Gasteiger partial charge in [-0.25, -0.2) is 14.0 Å². The van der Waals surface area contributed by atoms with Gasteiger partial charge < -0.3 is 15.6 Å². The van der Waals surface area contributed by atoms with Crippen molar-refractivity contribution in [3.8, 4) is 0 Å². The Kier molecular flexibility index (Phi) is 3.82. The molecule has 0 aliphatic carbocycles. The number of ether oxygens (including phenoxy) is 1. The zero-order chi connectivity index (χ0) is 13.0. The molecular formula is C11H10FNO4. The minimum absolute atomic E-state index is 0.0537. The molecule has 90 valence electrons. The summed E-state index contributed by atoms with van der Waals surface area (Å²) in [6.07, 6.45) is 2.10. The number of hydrogen-bond acceptors (Lipinski definition) is 4. The molecule has 1 aromatic carbocycles. The highest BCUT2D eigenvalue weighted by atomic mass is 19.1. The highest BCUT2D eigenvalue weighted by Crippen LogP contribution is 2.19. The summed E-state index contributed by atoms with van der Waals surface area (Å²) >= 11 is 0. The number of carbonyl (C=O) groups excluding carboxylic acids is 1. The molecule has 0 amide bonds. The highest BCUT2D eigenvalue weighted by molar-refractivity contribution is 5.95. The second kappa shape index (κ2) is 5.11. The van der Waals surface area contributed by atoms with Crippen LogP contribution in [-0.4, -0.2) is 24.2 Å². The van der Waals surface area contributed by atoms with E-state index < -0.39 is 17.8 Å². The molecule has 0 bridgehead atoms. The largest absolute Gasteiger partial charge is 0.478 e. The highest BCUT2D eigenvalue weighted by Gasteiger charge is 2.11. The smallest absolute Gasteiger partial charge is 0.337 e. The zero-order valence-corrected chi connectivity index (χ0v) is 8.94. The number of hydrogen-bond donors (Lipinski definition) is 2. The molecule has 17 heavy (non-hydrogen) atoms. The number of carboxylic acids is 1. The number of rotatable bonds is 3. The van der Waals surface area contributed by atoms with Crippen molar-refractivity contribution in [3.05, 3.63) is 35.2 Å². The van der Waals surface area contributed by atoms with Crippen molar-refractivity contribution in [2.24, 2.45) is 0 Å². The first kappa shape index (κ1) is 12.7. The van der Waals surface area contributed by atoms with Gasteiger partial charge in [-0.1, -0.05) is 0 Å². The Hall–Kier alpha value is -2.37. The number of nitrogen functional groups attached to an aromatic ring is 1. The average Bonchev–Trinajstić information content (AvgIpc) is 2.26. The summed E-state index contributed by atoms with van der Waals surface area (Å²) in [5.74, 6) is -2.65. The SMILES string of the molecule is COC(=O)C=Cc1cc(C(=O)O)c(N)cc1F. The fraction of sp³-hybridized carbons (Fsp3) is 0.0909. The molecule has 0 radical (unpaired) electrons. The monoisotopic (exact) mass is 239 g/mol. The summed E-state index contributed by atoms with van der Waals surface area (Å²) in [6.45, 7) is 0. The third-order valence-electron chi connectivity index (χ3n) is 2.00. The maximum atomic E-state index is 13.4. The van der Waals surface area contributed by atoms with E-state index in [4.69, 9.17) is 10.8 Å². The van der Waals surface area contributed by atoms with Gasteiger partial charge in [-0.05, 0) is 18.2 Å². The molecule has 0 saturated heterocycles. The Labute approximate surface area is 96.3 Å². The number of carbonyl (C=O) groups is 2. The van der Waals surface area contributed by atoms with E-state index in [1.807, 2.05) is 0 Å². The van der Waals surface area contributed by atoms with Gasteiger partial charge in [0.25, 0.3) is 0 Å². The fourth-order valence-electron chi connectivity index (χ4n) is 1.14. The quantitative estimate of drug-likeness (QED) is 0.471. The summed E-state index contributed by atoms with van der Waals surface area (Å²) in [6, 6.07) is 1.94. The van der Waals surface area contributed by atoms with Crippen molar-refractivity contribution < 1.29 is 23.8 Å². The van der Waals surface area contributed by atoms with Gasteiger partial charge in [0.05, 0.1) is 12.7 Å². The maximum Gasteiger partial charge on any atom is 0.337 e. The lowest BCUT2D eigenvalue weighted by molar-refractivity contribution is -0.134. The number of nitrogens with two attached hydrogens (primary N) is 1. The zero-order valence-electron chi connectivity index (χ0n) is 8.94. The van der Waals surface area contributed by atoms with Crippen LogP contribution in [0.5, 0.6) is 0 Å². The van der Waals surface area contributed by atoms with Crippen LogP contribution >= 0.6 is 0 Å². The normalized spacial score (nSPS) is 10.5. The first-order valence-corrected chi connectivity index (χ1v) is 4.54. The molecule has 0 heterocycles. The second-order valence-electron chi connectivity index (χ2n) is 3.12. The number of aromatic carboxylic acids is 1. The Morgan fingerprint density at radius 2 is 2.12 bits per heavy atom. The predicted molar refractivity (Wildman–Crippen MR) is 58.8 cm³/mol. The molecule has 0 aromatic heterocycles. The molecular weight excluding hydrogens is 229 g/mol. The molecule has 0 atom stereocenters. The van der Waals surface area contributed by atoms with E-state index in [9.17, 15) is 14.0 Å². The second-order valence-corrected chi connectivity index (χ2v) is 3.12. The van der Waals surface area contributed by atoms with E-state index in [0.29, 0.717) is 0 Å². The van der Waals surface area contributed by atoms with Crippen molar-refractivity contribution in [3.63, 3.8) is 0 Å². The summed E-state index contributed by atoms with van der Waals surface area (Å²) in [7, 11) is 1.18. The van der Waals surface area contributed by atoms with Crippen LogP contribution in [-0.2, 0) is 9.53 Å². The van der Waals surface area contributed by atoms with Crippen molar-refractivity contribution in [2.45, 2.75) is 0 Å². The van der Waals surface area contributed by atoms with Gasteiger partial charge >= 0.3 is 11.9 Å². The van der Waals surface area contributed by atoms with E-state index in [1.54, 1.807) is 0 Å². The molecule has 0 aliphatic rings. The van der Waals surface area contributed by atoms with Gasteiger partial charge in [-0.2, -0.15) is 0 Å². The first-order chi connectivity index (χ1) is 7.95. The fourth-order valence-corrected chi connectivity index (χ4v) is 1.14. The van der Waals surface area contributed by atoms with Crippen molar-refractivity contribution in [1.29, 1.82) is 0 Å². The van der Waals surface area contributed by atoms with Crippen LogP contribution in [0.3, 0.4) is 0 Å². The van der Waals surface area contributed by atoms with Crippen LogP contribution in [0.25, 0.3) is 6.08 Å². The Balaban J connectivity index is 3.16. The summed E-state index contributed by atoms with van der Waals surface area (Å²) in [4.78, 5) is 21.6. The summed E-state index contributed by atoms with van der Waals surface area (Å²) in [5, 5.41) is 8.79. The standard InChI is InChI=1S/C11H10FNO4/c1-17-10(14)3-2-6-4-7(11(15)16)9(13)5-8(6)12/h2-5H,13H2,1H3,(H,15,16).